The highest BCUT2D eigenvalue weighted by Crippen LogP contribution is 2.43. The zero-order chi connectivity index (χ0) is 21.3. The fourth-order valence-electron chi connectivity index (χ4n) is 3.50. The van der Waals surface area contributed by atoms with Gasteiger partial charge in [0.25, 0.3) is 0 Å². The first-order valence-corrected chi connectivity index (χ1v) is 9.38. The molecule has 0 aromatic heterocycles. The molecule has 29 heavy (non-hydrogen) atoms. The van der Waals surface area contributed by atoms with Crippen molar-refractivity contribution < 1.29 is 27.4 Å². The van der Waals surface area contributed by atoms with E-state index in [0.29, 0.717) is 11.3 Å². The number of carbonyl (C=O) groups excluding carboxylic acids is 1. The number of halogens is 4. The van der Waals surface area contributed by atoms with E-state index in [1.165, 1.54) is 12.0 Å². The number of fused-ring (bicyclic) bond motifs is 1. The van der Waals surface area contributed by atoms with Gasteiger partial charge < -0.3 is 14.4 Å². The molecular formula is C20H20ClF3N2O3. The quantitative estimate of drug-likeness (QED) is 0.658. The summed E-state index contributed by atoms with van der Waals surface area (Å²) in [5.41, 5.74) is -0.189. The van der Waals surface area contributed by atoms with Crippen LogP contribution in [0.1, 0.15) is 25.5 Å². The smallest absolute Gasteiger partial charge is 0.417 e. The average molecular weight is 429 g/mol. The zero-order valence-electron chi connectivity index (χ0n) is 16.0. The monoisotopic (exact) mass is 428 g/mol. The van der Waals surface area contributed by atoms with Crippen LogP contribution in [0.2, 0.25) is 0 Å². The van der Waals surface area contributed by atoms with E-state index < -0.39 is 35.7 Å². The molecule has 2 heterocycles. The highest BCUT2D eigenvalue weighted by Gasteiger charge is 2.45. The number of nitrogens with zero attached hydrogens (tertiary/aromatic N) is 2. The number of hydrogen-bond donors (Lipinski definition) is 0. The molecule has 0 aliphatic carbocycles. The van der Waals surface area contributed by atoms with E-state index in [1.807, 2.05) is 0 Å². The largest absolute Gasteiger partial charge is 0.497 e. The van der Waals surface area contributed by atoms with Crippen molar-refractivity contribution in [3.05, 3.63) is 52.7 Å². The molecule has 2 aliphatic heterocycles. The van der Waals surface area contributed by atoms with Crippen molar-refractivity contribution in [3.63, 3.8) is 0 Å². The highest BCUT2D eigenvalue weighted by atomic mass is 35.5. The predicted molar refractivity (Wildman–Crippen MR) is 103 cm³/mol. The molecule has 0 spiro atoms. The number of rotatable bonds is 4. The standard InChI is InChI=1S/C20H20ClF3N2O3/c1-4-29-19(27)16-11(2)17(12-5-7-14(28-3)8-6-12)26-10-13(20(22,23)24)9-15(21)18(26)25-16/h5-11,16-17H,4H2,1-3H3. The lowest BCUT2D eigenvalue weighted by atomic mass is 9.85. The minimum atomic E-state index is -4.57. The Morgan fingerprint density at radius 2 is 1.93 bits per heavy atom. The number of methoxy groups -OCH3 is 1. The van der Waals surface area contributed by atoms with Gasteiger partial charge in [-0.05, 0) is 30.7 Å². The molecule has 3 rings (SSSR count). The lowest BCUT2D eigenvalue weighted by Gasteiger charge is -2.43. The number of aliphatic imine (C=N–C) groups is 1. The van der Waals surface area contributed by atoms with Gasteiger partial charge in [0.1, 0.15) is 11.6 Å². The Bertz CT molecular complexity index is 878. The van der Waals surface area contributed by atoms with Crippen molar-refractivity contribution in [1.29, 1.82) is 0 Å². The average Bonchev–Trinajstić information content (AvgIpc) is 2.67. The Kier molecular flexibility index (Phi) is 5.93. The summed E-state index contributed by atoms with van der Waals surface area (Å²) < 4.78 is 50.4. The van der Waals surface area contributed by atoms with Crippen LogP contribution in [0.15, 0.2) is 52.1 Å². The Hall–Kier alpha value is -2.48. The molecule has 156 valence electrons. The van der Waals surface area contributed by atoms with E-state index in [-0.39, 0.29) is 17.5 Å². The van der Waals surface area contributed by atoms with Crippen LogP contribution in [0.25, 0.3) is 0 Å². The van der Waals surface area contributed by atoms with Gasteiger partial charge in [-0.1, -0.05) is 30.7 Å². The molecule has 9 heteroatoms. The third-order valence-corrected chi connectivity index (χ3v) is 5.17. The summed E-state index contributed by atoms with van der Waals surface area (Å²) in [6, 6.07) is 5.42. The van der Waals surface area contributed by atoms with E-state index >= 15 is 0 Å². The second-order valence-corrected chi connectivity index (χ2v) is 7.12. The van der Waals surface area contributed by atoms with Crippen LogP contribution in [0, 0.1) is 5.92 Å². The van der Waals surface area contributed by atoms with Gasteiger partial charge >= 0.3 is 12.1 Å². The van der Waals surface area contributed by atoms with Gasteiger partial charge in [-0.3, -0.25) is 4.99 Å². The Labute approximate surface area is 171 Å². The number of benzene rings is 1. The third kappa shape index (κ3) is 4.12. The van der Waals surface area contributed by atoms with Gasteiger partial charge in [0.2, 0.25) is 0 Å². The molecule has 3 atom stereocenters. The molecule has 1 aromatic carbocycles. The molecule has 0 fully saturated rings. The maximum atomic E-state index is 13.4. The van der Waals surface area contributed by atoms with Crippen LogP contribution in [0.5, 0.6) is 5.75 Å². The Morgan fingerprint density at radius 1 is 1.28 bits per heavy atom. The fraction of sp³-hybridized carbons (Fsp3) is 0.400. The molecule has 2 aliphatic rings. The second kappa shape index (κ2) is 8.10. The van der Waals surface area contributed by atoms with Crippen molar-refractivity contribution >= 4 is 23.4 Å². The number of ether oxygens (including phenoxy) is 2. The Morgan fingerprint density at radius 3 is 2.48 bits per heavy atom. The van der Waals surface area contributed by atoms with Crippen molar-refractivity contribution in [3.8, 4) is 5.75 Å². The van der Waals surface area contributed by atoms with E-state index in [2.05, 4.69) is 4.99 Å². The highest BCUT2D eigenvalue weighted by molar-refractivity contribution is 6.43. The summed E-state index contributed by atoms with van der Waals surface area (Å²) in [5.74, 6) is -0.298. The maximum Gasteiger partial charge on any atom is 0.417 e. The molecule has 1 aromatic rings. The number of allylic oxidation sites excluding steroid dienone is 2. The molecule has 5 nitrogen and oxygen atoms in total. The maximum absolute atomic E-state index is 13.4. The van der Waals surface area contributed by atoms with Crippen LogP contribution in [0.4, 0.5) is 13.2 Å². The number of amidine groups is 1. The second-order valence-electron chi connectivity index (χ2n) is 6.71. The van der Waals surface area contributed by atoms with Crippen LogP contribution in [-0.4, -0.2) is 42.6 Å². The van der Waals surface area contributed by atoms with E-state index in [9.17, 15) is 18.0 Å². The van der Waals surface area contributed by atoms with Gasteiger partial charge in [0, 0.05) is 12.1 Å². The van der Waals surface area contributed by atoms with Crippen LogP contribution >= 0.6 is 11.6 Å². The molecule has 3 unspecified atom stereocenters. The van der Waals surface area contributed by atoms with Crippen molar-refractivity contribution in [2.45, 2.75) is 32.1 Å². The fourth-order valence-corrected chi connectivity index (χ4v) is 3.77. The number of alkyl halides is 3. The lowest BCUT2D eigenvalue weighted by Crippen LogP contribution is -2.47. The summed E-state index contributed by atoms with van der Waals surface area (Å²) in [4.78, 5) is 18.2. The zero-order valence-corrected chi connectivity index (χ0v) is 16.8. The molecule has 0 radical (unpaired) electrons. The van der Waals surface area contributed by atoms with Gasteiger partial charge in [-0.2, -0.15) is 13.2 Å². The Balaban J connectivity index is 2.13. The van der Waals surface area contributed by atoms with Crippen LogP contribution in [0.3, 0.4) is 0 Å². The number of hydrogen-bond acceptors (Lipinski definition) is 5. The first-order chi connectivity index (χ1) is 13.7. The first-order valence-electron chi connectivity index (χ1n) is 9.00. The van der Waals surface area contributed by atoms with Gasteiger partial charge in [-0.25, -0.2) is 4.79 Å². The van der Waals surface area contributed by atoms with Crippen molar-refractivity contribution in [2.75, 3.05) is 13.7 Å². The molecule has 0 saturated heterocycles. The number of esters is 1. The van der Waals surface area contributed by atoms with E-state index in [0.717, 1.165) is 12.3 Å². The molecule has 0 bridgehead atoms. The van der Waals surface area contributed by atoms with Gasteiger partial charge in [-0.15, -0.1) is 0 Å². The van der Waals surface area contributed by atoms with Gasteiger partial charge in [0.05, 0.1) is 30.4 Å². The molecule has 0 amide bonds. The normalized spacial score (nSPS) is 24.2. The summed E-state index contributed by atoms with van der Waals surface area (Å²) in [5, 5.41) is -0.181. The van der Waals surface area contributed by atoms with E-state index in [1.54, 1.807) is 38.1 Å². The van der Waals surface area contributed by atoms with Crippen molar-refractivity contribution in [2.24, 2.45) is 10.9 Å². The summed E-state index contributed by atoms with van der Waals surface area (Å²) in [6.45, 7) is 3.60. The van der Waals surface area contributed by atoms with Crippen LogP contribution < -0.4 is 4.74 Å². The lowest BCUT2D eigenvalue weighted by molar-refractivity contribution is -0.146. The minimum Gasteiger partial charge on any atom is -0.497 e. The summed E-state index contributed by atoms with van der Waals surface area (Å²) in [7, 11) is 1.52. The molecule has 0 saturated carbocycles. The summed E-state index contributed by atoms with van der Waals surface area (Å²) >= 11 is 6.16. The SMILES string of the molecule is CCOC(=O)C1N=C2C(Cl)=CC(C(F)(F)F)=CN2C(c2ccc(OC)cc2)C1C. The molecule has 0 N–H and O–H groups in total. The van der Waals surface area contributed by atoms with Crippen LogP contribution in [-0.2, 0) is 9.53 Å². The minimum absolute atomic E-state index is 0.108. The molecular weight excluding hydrogens is 409 g/mol. The first kappa shape index (κ1) is 21.2. The van der Waals surface area contributed by atoms with Gasteiger partial charge in [0.15, 0.2) is 6.04 Å². The topological polar surface area (TPSA) is 51.1 Å². The predicted octanol–water partition coefficient (Wildman–Crippen LogP) is 4.60. The van der Waals surface area contributed by atoms with Crippen molar-refractivity contribution in [1.82, 2.24) is 4.90 Å². The van der Waals surface area contributed by atoms with E-state index in [4.69, 9.17) is 21.1 Å². The third-order valence-electron chi connectivity index (χ3n) is 4.89. The number of carbonyl (C=O) groups is 1. The summed E-state index contributed by atoms with van der Waals surface area (Å²) in [6.07, 6.45) is -2.77.